The number of rotatable bonds is 7. The Bertz CT molecular complexity index is 854. The molecule has 27 heavy (non-hydrogen) atoms. The van der Waals surface area contributed by atoms with Gasteiger partial charge in [0.2, 0.25) is 0 Å². The molecule has 1 heterocycles. The second-order valence-corrected chi connectivity index (χ2v) is 5.37. The van der Waals surface area contributed by atoms with Crippen molar-refractivity contribution in [2.75, 3.05) is 19.5 Å². The van der Waals surface area contributed by atoms with Gasteiger partial charge >= 0.3 is 17.9 Å². The minimum absolute atomic E-state index is 0.0628. The van der Waals surface area contributed by atoms with Crippen molar-refractivity contribution in [1.29, 1.82) is 0 Å². The maximum atomic E-state index is 12.4. The highest BCUT2D eigenvalue weighted by atomic mass is 16.5. The van der Waals surface area contributed by atoms with Gasteiger partial charge in [-0.2, -0.15) is 5.10 Å². The quantitative estimate of drug-likeness (QED) is 0.688. The van der Waals surface area contributed by atoms with Crippen LogP contribution in [0.3, 0.4) is 0 Å². The lowest BCUT2D eigenvalue weighted by Gasteiger charge is -2.09. The summed E-state index contributed by atoms with van der Waals surface area (Å²) in [6, 6.07) is 3.99. The molecule has 0 aliphatic carbocycles. The average Bonchev–Trinajstić information content (AvgIpc) is 3.14. The number of carboxylic acids is 1. The lowest BCUT2D eigenvalue weighted by atomic mass is 10.1. The van der Waals surface area contributed by atoms with Gasteiger partial charge in [0.05, 0.1) is 50.1 Å². The molecule has 142 valence electrons. The van der Waals surface area contributed by atoms with E-state index in [0.29, 0.717) is 0 Å². The molecule has 2 aromatic rings. The molecule has 2 rings (SSSR count). The first-order valence-corrected chi connectivity index (χ1v) is 7.71. The standard InChI is InChI=1S/C17H17N3O7/c1-26-16(24)10-5-11(17(25)27-2)7-13(6-10)19-15(23)12-8-18-20(9-12)4-3-14(21)22/h5-9H,3-4H2,1-2H3,(H,19,23)(H,21,22). The van der Waals surface area contributed by atoms with Crippen molar-refractivity contribution in [1.82, 2.24) is 9.78 Å². The van der Waals surface area contributed by atoms with E-state index in [2.05, 4.69) is 19.9 Å². The fraction of sp³-hybridized carbons (Fsp3) is 0.235. The summed E-state index contributed by atoms with van der Waals surface area (Å²) in [7, 11) is 2.38. The largest absolute Gasteiger partial charge is 0.481 e. The van der Waals surface area contributed by atoms with Gasteiger partial charge < -0.3 is 19.9 Å². The summed E-state index contributed by atoms with van der Waals surface area (Å²) in [6.07, 6.45) is 2.54. The van der Waals surface area contributed by atoms with E-state index in [1.54, 1.807) is 0 Å². The van der Waals surface area contributed by atoms with Gasteiger partial charge in [-0.1, -0.05) is 0 Å². The first-order valence-electron chi connectivity index (χ1n) is 7.71. The predicted octanol–water partition coefficient (Wildman–Crippen LogP) is 1.18. The van der Waals surface area contributed by atoms with Crippen molar-refractivity contribution in [3.63, 3.8) is 0 Å². The van der Waals surface area contributed by atoms with Gasteiger partial charge in [-0.15, -0.1) is 0 Å². The third-order valence-corrected chi connectivity index (χ3v) is 3.48. The predicted molar refractivity (Wildman–Crippen MR) is 91.6 cm³/mol. The van der Waals surface area contributed by atoms with Crippen LogP contribution in [-0.2, 0) is 20.8 Å². The van der Waals surface area contributed by atoms with Crippen LogP contribution >= 0.6 is 0 Å². The third-order valence-electron chi connectivity index (χ3n) is 3.48. The number of hydrogen-bond donors (Lipinski definition) is 2. The third kappa shape index (κ3) is 5.14. The number of carbonyl (C=O) groups is 4. The van der Waals surface area contributed by atoms with Crippen LogP contribution in [-0.4, -0.2) is 52.9 Å². The number of carbonyl (C=O) groups excluding carboxylic acids is 3. The van der Waals surface area contributed by atoms with Crippen LogP contribution in [0.2, 0.25) is 0 Å². The number of nitrogens with one attached hydrogen (secondary N) is 1. The molecule has 1 aromatic carbocycles. The number of anilines is 1. The Balaban J connectivity index is 2.22. The van der Waals surface area contributed by atoms with Crippen molar-refractivity contribution in [3.05, 3.63) is 47.3 Å². The molecule has 0 aliphatic rings. The summed E-state index contributed by atoms with van der Waals surface area (Å²) in [6.45, 7) is 0.118. The van der Waals surface area contributed by atoms with Gasteiger partial charge in [0.1, 0.15) is 0 Å². The van der Waals surface area contributed by atoms with Gasteiger partial charge in [-0.25, -0.2) is 9.59 Å². The van der Waals surface area contributed by atoms with Crippen LogP contribution in [0.1, 0.15) is 37.5 Å². The zero-order valence-corrected chi connectivity index (χ0v) is 14.6. The maximum Gasteiger partial charge on any atom is 0.337 e. The summed E-state index contributed by atoms with van der Waals surface area (Å²) in [5, 5.41) is 15.1. The lowest BCUT2D eigenvalue weighted by molar-refractivity contribution is -0.137. The van der Waals surface area contributed by atoms with Crippen LogP contribution < -0.4 is 5.32 Å². The van der Waals surface area contributed by atoms with Crippen molar-refractivity contribution in [2.24, 2.45) is 0 Å². The normalized spacial score (nSPS) is 10.1. The zero-order chi connectivity index (χ0) is 20.0. The Hall–Kier alpha value is -3.69. The number of benzene rings is 1. The maximum absolute atomic E-state index is 12.4. The summed E-state index contributed by atoms with van der Waals surface area (Å²) in [4.78, 5) is 46.5. The van der Waals surface area contributed by atoms with Crippen LogP contribution in [0.15, 0.2) is 30.6 Å². The summed E-state index contributed by atoms with van der Waals surface area (Å²) in [5.74, 6) is -2.89. The molecule has 0 saturated carbocycles. The smallest absolute Gasteiger partial charge is 0.337 e. The molecule has 0 fully saturated rings. The van der Waals surface area contributed by atoms with Crippen LogP contribution in [0.5, 0.6) is 0 Å². The van der Waals surface area contributed by atoms with Crippen LogP contribution in [0, 0.1) is 0 Å². The van der Waals surface area contributed by atoms with Crippen molar-refractivity contribution < 1.29 is 33.8 Å². The molecule has 0 radical (unpaired) electrons. The Labute approximate surface area is 153 Å². The van der Waals surface area contributed by atoms with E-state index in [-0.39, 0.29) is 35.3 Å². The Morgan fingerprint density at radius 3 is 2.15 bits per heavy atom. The fourth-order valence-electron chi connectivity index (χ4n) is 2.19. The number of aliphatic carboxylic acids is 1. The number of hydrogen-bond acceptors (Lipinski definition) is 7. The number of ether oxygens (including phenoxy) is 2. The number of esters is 2. The first kappa shape index (κ1) is 19.6. The molecular weight excluding hydrogens is 358 g/mol. The molecule has 2 N–H and O–H groups in total. The molecule has 0 unspecified atom stereocenters. The number of carboxylic acid groups (broad SMARTS) is 1. The average molecular weight is 375 g/mol. The number of nitrogens with zero attached hydrogens (tertiary/aromatic N) is 2. The molecule has 0 saturated heterocycles. The molecule has 0 atom stereocenters. The molecule has 10 heteroatoms. The van der Waals surface area contributed by atoms with Crippen LogP contribution in [0.25, 0.3) is 0 Å². The Morgan fingerprint density at radius 1 is 1.04 bits per heavy atom. The van der Waals surface area contributed by atoms with Gasteiger partial charge in [-0.05, 0) is 18.2 Å². The minimum Gasteiger partial charge on any atom is -0.481 e. The summed E-state index contributed by atoms with van der Waals surface area (Å²) >= 11 is 0. The molecule has 0 aliphatic heterocycles. The van der Waals surface area contributed by atoms with E-state index >= 15 is 0 Å². The zero-order valence-electron chi connectivity index (χ0n) is 14.6. The summed E-state index contributed by atoms with van der Waals surface area (Å²) in [5.41, 5.74) is 0.491. The number of amides is 1. The van der Waals surface area contributed by atoms with Crippen molar-refractivity contribution in [3.8, 4) is 0 Å². The number of aromatic nitrogens is 2. The molecule has 1 amide bonds. The van der Waals surface area contributed by atoms with E-state index in [9.17, 15) is 19.2 Å². The molecular formula is C17H17N3O7. The molecule has 0 bridgehead atoms. The van der Waals surface area contributed by atoms with E-state index < -0.39 is 23.8 Å². The number of methoxy groups -OCH3 is 2. The number of aryl methyl sites for hydroxylation is 1. The second kappa shape index (κ2) is 8.61. The Kier molecular flexibility index (Phi) is 6.26. The highest BCUT2D eigenvalue weighted by Crippen LogP contribution is 2.18. The Morgan fingerprint density at radius 2 is 1.63 bits per heavy atom. The topological polar surface area (TPSA) is 137 Å². The van der Waals surface area contributed by atoms with Crippen molar-refractivity contribution in [2.45, 2.75) is 13.0 Å². The second-order valence-electron chi connectivity index (χ2n) is 5.37. The lowest BCUT2D eigenvalue weighted by Crippen LogP contribution is -2.14. The van der Waals surface area contributed by atoms with Gasteiger partial charge in [-0.3, -0.25) is 14.3 Å². The van der Waals surface area contributed by atoms with Gasteiger partial charge in [0.15, 0.2) is 0 Å². The first-order chi connectivity index (χ1) is 12.8. The van der Waals surface area contributed by atoms with Gasteiger partial charge in [0, 0.05) is 11.9 Å². The molecule has 0 spiro atoms. The van der Waals surface area contributed by atoms with Crippen molar-refractivity contribution >= 4 is 29.5 Å². The summed E-state index contributed by atoms with van der Waals surface area (Å²) < 4.78 is 10.6. The highest BCUT2D eigenvalue weighted by molar-refractivity contribution is 6.05. The van der Waals surface area contributed by atoms with E-state index in [1.807, 2.05) is 0 Å². The van der Waals surface area contributed by atoms with Gasteiger partial charge in [0.25, 0.3) is 5.91 Å². The van der Waals surface area contributed by atoms with E-state index in [4.69, 9.17) is 5.11 Å². The molecule has 1 aromatic heterocycles. The van der Waals surface area contributed by atoms with E-state index in [1.165, 1.54) is 49.5 Å². The SMILES string of the molecule is COC(=O)c1cc(NC(=O)c2cnn(CCC(=O)O)c2)cc(C(=O)OC)c1. The van der Waals surface area contributed by atoms with Crippen LogP contribution in [0.4, 0.5) is 5.69 Å². The molecule has 10 nitrogen and oxygen atoms in total. The van der Waals surface area contributed by atoms with E-state index in [0.717, 1.165) is 0 Å². The minimum atomic E-state index is -0.980. The highest BCUT2D eigenvalue weighted by Gasteiger charge is 2.16. The fourth-order valence-corrected chi connectivity index (χ4v) is 2.19. The monoisotopic (exact) mass is 375 g/mol.